The number of rotatable bonds is 6. The van der Waals surface area contributed by atoms with Crippen LogP contribution in [0.2, 0.25) is 0 Å². The Balaban J connectivity index is 2.07. The van der Waals surface area contributed by atoms with E-state index in [1.807, 2.05) is 24.3 Å². The number of carboxylic acid groups (broad SMARTS) is 1. The van der Waals surface area contributed by atoms with Gasteiger partial charge in [0.1, 0.15) is 6.04 Å². The fraction of sp³-hybridized carbons (Fsp3) is 0.267. The third-order valence-corrected chi connectivity index (χ3v) is 3.23. The van der Waals surface area contributed by atoms with Crippen molar-refractivity contribution in [2.45, 2.75) is 18.9 Å². The number of amides is 1. The molecule has 0 saturated carbocycles. The summed E-state index contributed by atoms with van der Waals surface area (Å²) >= 11 is 0. The van der Waals surface area contributed by atoms with Gasteiger partial charge in [0.15, 0.2) is 0 Å². The number of aromatic nitrogens is 1. The minimum atomic E-state index is -1.19. The lowest BCUT2D eigenvalue weighted by Gasteiger charge is -2.14. The zero-order valence-electron chi connectivity index (χ0n) is 12.0. The molecule has 0 saturated heterocycles. The predicted molar refractivity (Wildman–Crippen MR) is 78.2 cm³/mol. The second kappa shape index (κ2) is 6.75. The summed E-state index contributed by atoms with van der Waals surface area (Å²) in [7, 11) is 1.14. The van der Waals surface area contributed by atoms with E-state index >= 15 is 0 Å². The maximum Gasteiger partial charge on any atom is 0.328 e. The van der Waals surface area contributed by atoms with Crippen molar-refractivity contribution in [2.75, 3.05) is 7.11 Å². The van der Waals surface area contributed by atoms with Gasteiger partial charge in [-0.1, -0.05) is 18.2 Å². The summed E-state index contributed by atoms with van der Waals surface area (Å²) in [4.78, 5) is 37.3. The molecule has 2 rings (SSSR count). The highest BCUT2D eigenvalue weighted by Crippen LogP contribution is 2.18. The molecule has 3 N–H and O–H groups in total. The molecule has 2 aromatic rings. The highest BCUT2D eigenvalue weighted by molar-refractivity contribution is 5.91. The van der Waals surface area contributed by atoms with Gasteiger partial charge >= 0.3 is 11.9 Å². The lowest BCUT2D eigenvalue weighted by molar-refractivity contribution is -0.149. The van der Waals surface area contributed by atoms with E-state index in [0.29, 0.717) is 0 Å². The highest BCUT2D eigenvalue weighted by Gasteiger charge is 2.24. The fourth-order valence-electron chi connectivity index (χ4n) is 2.21. The van der Waals surface area contributed by atoms with Crippen molar-refractivity contribution in [3.8, 4) is 0 Å². The Morgan fingerprint density at radius 1 is 1.32 bits per heavy atom. The van der Waals surface area contributed by atoms with Crippen LogP contribution in [0.25, 0.3) is 10.9 Å². The first kappa shape index (κ1) is 15.6. The zero-order valence-corrected chi connectivity index (χ0v) is 12.0. The molecule has 0 fully saturated rings. The van der Waals surface area contributed by atoms with Crippen molar-refractivity contribution in [1.82, 2.24) is 10.3 Å². The van der Waals surface area contributed by atoms with E-state index in [1.54, 1.807) is 6.20 Å². The number of ether oxygens (including phenoxy) is 1. The number of benzene rings is 1. The van der Waals surface area contributed by atoms with Gasteiger partial charge in [0.25, 0.3) is 0 Å². The molecule has 0 aliphatic carbocycles. The van der Waals surface area contributed by atoms with Gasteiger partial charge in [0.05, 0.1) is 20.0 Å². The molecule has 0 aliphatic heterocycles. The van der Waals surface area contributed by atoms with Crippen LogP contribution in [-0.2, 0) is 25.5 Å². The van der Waals surface area contributed by atoms with E-state index < -0.39 is 30.3 Å². The van der Waals surface area contributed by atoms with Gasteiger partial charge in [0.2, 0.25) is 5.91 Å². The minimum absolute atomic E-state index is 0.0388. The number of carboxylic acids is 1. The number of hydrogen-bond acceptors (Lipinski definition) is 4. The number of methoxy groups -OCH3 is 1. The maximum atomic E-state index is 12.0. The van der Waals surface area contributed by atoms with Gasteiger partial charge in [-0.25, -0.2) is 4.79 Å². The predicted octanol–water partition coefficient (Wildman–Crippen LogP) is 0.843. The summed E-state index contributed by atoms with van der Waals surface area (Å²) in [6, 6.07) is 6.31. The number of esters is 1. The Morgan fingerprint density at radius 3 is 2.73 bits per heavy atom. The SMILES string of the molecule is COC(=O)[C@H](CC(=O)O)NC(=O)Cc1c[nH]c2ccccc12. The summed E-state index contributed by atoms with van der Waals surface area (Å²) < 4.78 is 4.50. The average molecular weight is 304 g/mol. The zero-order chi connectivity index (χ0) is 16.1. The first-order chi connectivity index (χ1) is 10.5. The van der Waals surface area contributed by atoms with E-state index in [9.17, 15) is 14.4 Å². The third kappa shape index (κ3) is 3.63. The summed E-state index contributed by atoms with van der Waals surface area (Å²) in [6.45, 7) is 0. The molecule has 0 aliphatic rings. The van der Waals surface area contributed by atoms with Crippen LogP contribution >= 0.6 is 0 Å². The van der Waals surface area contributed by atoms with E-state index in [2.05, 4.69) is 15.0 Å². The largest absolute Gasteiger partial charge is 0.481 e. The van der Waals surface area contributed by atoms with Crippen molar-refractivity contribution in [3.63, 3.8) is 0 Å². The minimum Gasteiger partial charge on any atom is -0.481 e. The van der Waals surface area contributed by atoms with Crippen LogP contribution in [0, 0.1) is 0 Å². The number of H-pyrrole nitrogens is 1. The Morgan fingerprint density at radius 2 is 2.05 bits per heavy atom. The molecular formula is C15H16N2O5. The molecule has 1 amide bonds. The standard InChI is InChI=1S/C15H16N2O5/c1-22-15(21)12(7-14(19)20)17-13(18)6-9-8-16-11-5-3-2-4-10(9)11/h2-5,8,12,16H,6-7H2,1H3,(H,17,18)(H,19,20)/t12-/m0/s1. The molecule has 0 radical (unpaired) electrons. The summed E-state index contributed by atoms with van der Waals surface area (Å²) in [5, 5.41) is 12.1. The number of carbonyl (C=O) groups is 3. The number of hydrogen-bond donors (Lipinski definition) is 3. The van der Waals surface area contributed by atoms with Crippen LogP contribution in [0.5, 0.6) is 0 Å². The van der Waals surface area contributed by atoms with Crippen molar-refractivity contribution in [3.05, 3.63) is 36.0 Å². The number of nitrogens with one attached hydrogen (secondary N) is 2. The smallest absolute Gasteiger partial charge is 0.328 e. The molecule has 1 aromatic carbocycles. The molecule has 0 unspecified atom stereocenters. The molecular weight excluding hydrogens is 288 g/mol. The monoisotopic (exact) mass is 304 g/mol. The van der Waals surface area contributed by atoms with Gasteiger partial charge in [-0.2, -0.15) is 0 Å². The van der Waals surface area contributed by atoms with E-state index in [0.717, 1.165) is 23.6 Å². The normalized spacial score (nSPS) is 11.9. The molecule has 1 atom stereocenters. The van der Waals surface area contributed by atoms with Crippen molar-refractivity contribution >= 4 is 28.7 Å². The van der Waals surface area contributed by atoms with Crippen LogP contribution in [0.4, 0.5) is 0 Å². The maximum absolute atomic E-state index is 12.0. The first-order valence-corrected chi connectivity index (χ1v) is 6.65. The molecule has 0 bridgehead atoms. The molecule has 1 heterocycles. The van der Waals surface area contributed by atoms with E-state index in [1.165, 1.54) is 0 Å². The Bertz CT molecular complexity index is 707. The Kier molecular flexibility index (Phi) is 4.77. The van der Waals surface area contributed by atoms with E-state index in [-0.39, 0.29) is 6.42 Å². The topological polar surface area (TPSA) is 108 Å². The first-order valence-electron chi connectivity index (χ1n) is 6.65. The highest BCUT2D eigenvalue weighted by atomic mass is 16.5. The average Bonchev–Trinajstić information content (AvgIpc) is 2.88. The summed E-state index contributed by atoms with van der Waals surface area (Å²) in [5.41, 5.74) is 1.67. The van der Waals surface area contributed by atoms with Crippen LogP contribution < -0.4 is 5.32 Å². The van der Waals surface area contributed by atoms with Crippen LogP contribution in [0.1, 0.15) is 12.0 Å². The number of aliphatic carboxylic acids is 1. The number of aromatic amines is 1. The van der Waals surface area contributed by atoms with Crippen molar-refractivity contribution in [1.29, 1.82) is 0 Å². The lowest BCUT2D eigenvalue weighted by atomic mass is 10.1. The number of carbonyl (C=O) groups excluding carboxylic acids is 2. The fourth-order valence-corrected chi connectivity index (χ4v) is 2.21. The Labute approximate surface area is 126 Å². The van der Waals surface area contributed by atoms with Gasteiger partial charge in [0, 0.05) is 17.1 Å². The number of para-hydroxylation sites is 1. The van der Waals surface area contributed by atoms with Gasteiger partial charge < -0.3 is 20.1 Å². The third-order valence-electron chi connectivity index (χ3n) is 3.23. The summed E-state index contributed by atoms with van der Waals surface area (Å²) in [5.74, 6) is -2.42. The summed E-state index contributed by atoms with van der Waals surface area (Å²) in [6.07, 6.45) is 1.23. The lowest BCUT2D eigenvalue weighted by Crippen LogP contribution is -2.43. The van der Waals surface area contributed by atoms with Crippen molar-refractivity contribution in [2.24, 2.45) is 0 Å². The molecule has 1 aromatic heterocycles. The van der Waals surface area contributed by atoms with Crippen LogP contribution in [0.15, 0.2) is 30.5 Å². The number of fused-ring (bicyclic) bond motifs is 1. The second-order valence-corrected chi connectivity index (χ2v) is 4.78. The quantitative estimate of drug-likeness (QED) is 0.685. The molecule has 116 valence electrons. The molecule has 7 nitrogen and oxygen atoms in total. The van der Waals surface area contributed by atoms with Gasteiger partial charge in [-0.3, -0.25) is 9.59 Å². The second-order valence-electron chi connectivity index (χ2n) is 4.78. The Hall–Kier alpha value is -2.83. The van der Waals surface area contributed by atoms with Crippen molar-refractivity contribution < 1.29 is 24.2 Å². The van der Waals surface area contributed by atoms with E-state index in [4.69, 9.17) is 5.11 Å². The van der Waals surface area contributed by atoms with Gasteiger partial charge in [-0.15, -0.1) is 0 Å². The van der Waals surface area contributed by atoms with Crippen LogP contribution in [-0.4, -0.2) is 41.1 Å². The molecule has 22 heavy (non-hydrogen) atoms. The van der Waals surface area contributed by atoms with Gasteiger partial charge in [-0.05, 0) is 11.6 Å². The van der Waals surface area contributed by atoms with Crippen LogP contribution in [0.3, 0.4) is 0 Å². The molecule has 7 heteroatoms. The molecule has 0 spiro atoms.